The summed E-state index contributed by atoms with van der Waals surface area (Å²) in [6.07, 6.45) is 3.00. The molecule has 0 aliphatic rings. The van der Waals surface area contributed by atoms with Gasteiger partial charge < -0.3 is 20.5 Å². The molecule has 0 saturated carbocycles. The molecule has 0 atom stereocenters. The SMILES string of the molecule is COC(=O)CCCC(=[N+]=[N-])c1ccccc1.COC(=O)CCCC(=[N+]=[N-])c1ccccc1. The highest BCUT2D eigenvalue weighted by Gasteiger charge is 2.13. The molecule has 0 amide bonds. The zero-order chi connectivity index (χ0) is 23.6. The summed E-state index contributed by atoms with van der Waals surface area (Å²) in [7, 11) is 2.72. The third-order valence-corrected chi connectivity index (χ3v) is 4.50. The maximum atomic E-state index is 10.9. The van der Waals surface area contributed by atoms with Gasteiger partial charge in [-0.15, -0.1) is 0 Å². The fraction of sp³-hybridized carbons (Fsp3) is 0.333. The molecule has 2 aromatic rings. The fourth-order valence-electron chi connectivity index (χ4n) is 2.77. The van der Waals surface area contributed by atoms with E-state index in [0.29, 0.717) is 49.9 Å². The Morgan fingerprint density at radius 2 is 1.00 bits per heavy atom. The van der Waals surface area contributed by atoms with Gasteiger partial charge in [0.25, 0.3) is 11.4 Å². The van der Waals surface area contributed by atoms with E-state index in [1.807, 2.05) is 60.7 Å². The molecule has 2 aromatic carbocycles. The molecule has 8 heteroatoms. The van der Waals surface area contributed by atoms with Gasteiger partial charge in [0, 0.05) is 12.8 Å². The maximum absolute atomic E-state index is 10.9. The minimum Gasteiger partial charge on any atom is -0.469 e. The van der Waals surface area contributed by atoms with E-state index < -0.39 is 0 Å². The van der Waals surface area contributed by atoms with Gasteiger partial charge in [0.2, 0.25) is 0 Å². The third-order valence-electron chi connectivity index (χ3n) is 4.50. The first-order valence-electron chi connectivity index (χ1n) is 10.2. The lowest BCUT2D eigenvalue weighted by molar-refractivity contribution is -0.141. The molecule has 0 bridgehead atoms. The minimum absolute atomic E-state index is 0.245. The van der Waals surface area contributed by atoms with Gasteiger partial charge in [0.1, 0.15) is 0 Å². The Kier molecular flexibility index (Phi) is 13.0. The molecule has 32 heavy (non-hydrogen) atoms. The molecule has 0 fully saturated rings. The van der Waals surface area contributed by atoms with Crippen molar-refractivity contribution >= 4 is 23.4 Å². The number of carbonyl (C=O) groups excluding carboxylic acids is 2. The van der Waals surface area contributed by atoms with E-state index in [0.717, 1.165) is 11.1 Å². The van der Waals surface area contributed by atoms with Crippen molar-refractivity contribution < 1.29 is 28.6 Å². The highest BCUT2D eigenvalue weighted by Crippen LogP contribution is 2.07. The number of nitrogens with zero attached hydrogens (tertiary/aromatic N) is 4. The monoisotopic (exact) mass is 436 g/mol. The van der Waals surface area contributed by atoms with Crippen LogP contribution in [0.3, 0.4) is 0 Å². The van der Waals surface area contributed by atoms with Crippen LogP contribution in [0.1, 0.15) is 49.7 Å². The van der Waals surface area contributed by atoms with Crippen molar-refractivity contribution in [2.45, 2.75) is 38.5 Å². The summed E-state index contributed by atoms with van der Waals surface area (Å²) in [5, 5.41) is 0. The summed E-state index contributed by atoms with van der Waals surface area (Å²) in [5.74, 6) is -0.490. The summed E-state index contributed by atoms with van der Waals surface area (Å²) in [5.41, 5.74) is 20.7. The molecule has 0 radical (unpaired) electrons. The molecule has 0 N–H and O–H groups in total. The van der Waals surface area contributed by atoms with Gasteiger partial charge in [-0.25, -0.2) is 0 Å². The van der Waals surface area contributed by atoms with E-state index in [-0.39, 0.29) is 11.9 Å². The number of benzene rings is 2. The maximum Gasteiger partial charge on any atom is 0.305 e. The van der Waals surface area contributed by atoms with Gasteiger partial charge in [-0.2, -0.15) is 9.58 Å². The second kappa shape index (κ2) is 15.9. The molecular formula is C24H28N4O4. The topological polar surface area (TPSA) is 125 Å². The minimum atomic E-state index is -0.245. The molecular weight excluding hydrogens is 408 g/mol. The molecule has 0 spiro atoms. The van der Waals surface area contributed by atoms with E-state index in [1.54, 1.807) is 0 Å². The number of esters is 2. The van der Waals surface area contributed by atoms with Crippen molar-refractivity contribution in [1.29, 1.82) is 0 Å². The summed E-state index contributed by atoms with van der Waals surface area (Å²) in [6, 6.07) is 18.8. The van der Waals surface area contributed by atoms with Gasteiger partial charge in [-0.1, -0.05) is 36.4 Å². The smallest absolute Gasteiger partial charge is 0.305 e. The molecule has 0 aromatic heterocycles. The number of methoxy groups -OCH3 is 2. The predicted molar refractivity (Wildman–Crippen MR) is 120 cm³/mol. The lowest BCUT2D eigenvalue weighted by Gasteiger charge is -1.97. The van der Waals surface area contributed by atoms with Crippen LogP contribution in [0.25, 0.3) is 11.1 Å². The van der Waals surface area contributed by atoms with Gasteiger partial charge in [0.05, 0.1) is 38.2 Å². The van der Waals surface area contributed by atoms with Crippen LogP contribution in [0.4, 0.5) is 0 Å². The first-order valence-corrected chi connectivity index (χ1v) is 10.2. The van der Waals surface area contributed by atoms with E-state index in [1.165, 1.54) is 14.2 Å². The van der Waals surface area contributed by atoms with Crippen LogP contribution in [0, 0.1) is 0 Å². The standard InChI is InChI=1S/2C12H14N2O2/c2*1-16-12(15)9-5-8-11(14-13)10-6-3-2-4-7-10/h2*2-4,6-7H,5,8-9H2,1H3. The number of ether oxygens (including phenoxy) is 2. The van der Waals surface area contributed by atoms with Crippen molar-refractivity contribution in [1.82, 2.24) is 0 Å². The Morgan fingerprint density at radius 3 is 1.28 bits per heavy atom. The third kappa shape index (κ3) is 10.3. The zero-order valence-corrected chi connectivity index (χ0v) is 18.4. The first-order chi connectivity index (χ1) is 15.5. The van der Waals surface area contributed by atoms with Crippen LogP contribution < -0.4 is 0 Å². The van der Waals surface area contributed by atoms with E-state index in [2.05, 4.69) is 19.1 Å². The molecule has 8 nitrogen and oxygen atoms in total. The Bertz CT molecular complexity index is 869. The molecule has 0 aliphatic carbocycles. The van der Waals surface area contributed by atoms with Crippen molar-refractivity contribution in [3.8, 4) is 0 Å². The first kappa shape index (κ1) is 26.2. The lowest BCUT2D eigenvalue weighted by Crippen LogP contribution is -2.05. The Labute approximate surface area is 188 Å². The average Bonchev–Trinajstić information content (AvgIpc) is 2.85. The number of hydrogen-bond donors (Lipinski definition) is 0. The van der Waals surface area contributed by atoms with Gasteiger partial charge >= 0.3 is 11.9 Å². The second-order valence-corrected chi connectivity index (χ2v) is 6.68. The van der Waals surface area contributed by atoms with Crippen LogP contribution >= 0.6 is 0 Å². The largest absolute Gasteiger partial charge is 0.469 e. The summed E-state index contributed by atoms with van der Waals surface area (Å²) in [4.78, 5) is 28.3. The molecule has 2 rings (SSSR count). The number of rotatable bonds is 10. The zero-order valence-electron chi connectivity index (χ0n) is 18.4. The van der Waals surface area contributed by atoms with Crippen molar-refractivity contribution in [2.75, 3.05) is 14.2 Å². The van der Waals surface area contributed by atoms with Crippen LogP contribution in [-0.4, -0.2) is 47.2 Å². The highest BCUT2D eigenvalue weighted by molar-refractivity contribution is 5.96. The Morgan fingerprint density at radius 1 is 0.656 bits per heavy atom. The summed E-state index contributed by atoms with van der Waals surface area (Å²) < 4.78 is 9.06. The van der Waals surface area contributed by atoms with Gasteiger partial charge in [0.15, 0.2) is 0 Å². The van der Waals surface area contributed by atoms with Crippen LogP contribution in [0.5, 0.6) is 0 Å². The van der Waals surface area contributed by atoms with Crippen molar-refractivity contribution in [3.63, 3.8) is 0 Å². The van der Waals surface area contributed by atoms with Crippen LogP contribution in [-0.2, 0) is 19.1 Å². The van der Waals surface area contributed by atoms with Crippen LogP contribution in [0.15, 0.2) is 60.7 Å². The van der Waals surface area contributed by atoms with Gasteiger partial charge in [-0.3, -0.25) is 9.59 Å². The molecule has 0 unspecified atom stereocenters. The number of carbonyl (C=O) groups is 2. The predicted octanol–water partition coefficient (Wildman–Crippen LogP) is 4.10. The Hall–Kier alpha value is -3.86. The second-order valence-electron chi connectivity index (χ2n) is 6.68. The average molecular weight is 437 g/mol. The van der Waals surface area contributed by atoms with Gasteiger partial charge in [-0.05, 0) is 37.1 Å². The molecule has 0 saturated heterocycles. The molecule has 168 valence electrons. The fourth-order valence-corrected chi connectivity index (χ4v) is 2.77. The summed E-state index contributed by atoms with van der Waals surface area (Å²) in [6.45, 7) is 0. The highest BCUT2D eigenvalue weighted by atomic mass is 16.5. The Balaban J connectivity index is 0.000000320. The number of hydrogen-bond acceptors (Lipinski definition) is 4. The lowest BCUT2D eigenvalue weighted by atomic mass is 10.0. The van der Waals surface area contributed by atoms with Crippen molar-refractivity contribution in [2.24, 2.45) is 0 Å². The van der Waals surface area contributed by atoms with E-state index >= 15 is 0 Å². The molecule has 0 heterocycles. The van der Waals surface area contributed by atoms with Crippen molar-refractivity contribution in [3.05, 3.63) is 82.9 Å². The van der Waals surface area contributed by atoms with E-state index in [4.69, 9.17) is 11.1 Å². The normalized spacial score (nSPS) is 9.31. The molecule has 0 aliphatic heterocycles. The van der Waals surface area contributed by atoms with E-state index in [9.17, 15) is 9.59 Å². The summed E-state index contributed by atoms with van der Waals surface area (Å²) >= 11 is 0. The van der Waals surface area contributed by atoms with Crippen LogP contribution in [0.2, 0.25) is 0 Å². The quantitative estimate of drug-likeness (QED) is 0.240.